The number of unbranched alkanes of at least 4 members (excludes halogenated alkanes) is 8. The average Bonchev–Trinajstić information content (AvgIpc) is 2.91. The standard InChI is InChI=1S/C29H37OS.CHF3O3S/c1-2-3-4-5-6-7-8-9-16-25-30-26-21-23-29(24-22-26)31(27-17-12-10-13-18-27)28-19-14-11-15-20-28;2-1(3,4)8(5,6)7/h10-15,17-24H,2-9,16,25H2,1H3;(H,5,6,7)/q+1;/p-1. The van der Waals surface area contributed by atoms with E-state index in [-0.39, 0.29) is 10.9 Å². The minimum Gasteiger partial charge on any atom is -0.741 e. The molecular weight excluding hydrogens is 545 g/mol. The number of halogens is 3. The van der Waals surface area contributed by atoms with Gasteiger partial charge in [-0.15, -0.1) is 0 Å². The molecule has 0 radical (unpaired) electrons. The molecule has 0 aliphatic heterocycles. The molecule has 0 amide bonds. The smallest absolute Gasteiger partial charge is 0.485 e. The molecule has 0 saturated carbocycles. The maximum Gasteiger partial charge on any atom is 0.485 e. The van der Waals surface area contributed by atoms with Crippen LogP contribution in [0.2, 0.25) is 0 Å². The molecule has 214 valence electrons. The van der Waals surface area contributed by atoms with Gasteiger partial charge in [0.2, 0.25) is 0 Å². The predicted octanol–water partition coefficient (Wildman–Crippen LogP) is 8.74. The lowest BCUT2D eigenvalue weighted by Gasteiger charge is -2.09. The first-order valence-corrected chi connectivity index (χ1v) is 15.9. The first kappa shape index (κ1) is 32.7. The van der Waals surface area contributed by atoms with Crippen molar-refractivity contribution in [2.75, 3.05) is 6.61 Å². The molecule has 0 heterocycles. The summed E-state index contributed by atoms with van der Waals surface area (Å²) in [6, 6.07) is 30.3. The van der Waals surface area contributed by atoms with Crippen molar-refractivity contribution in [1.82, 2.24) is 0 Å². The van der Waals surface area contributed by atoms with E-state index in [0.29, 0.717) is 0 Å². The molecular formula is C30H37F3O4S2. The second kappa shape index (κ2) is 17.3. The van der Waals surface area contributed by atoms with Crippen LogP contribution in [0.3, 0.4) is 0 Å². The number of hydrogen-bond donors (Lipinski definition) is 0. The minimum absolute atomic E-state index is 0.0931. The normalized spacial score (nSPS) is 11.6. The van der Waals surface area contributed by atoms with E-state index in [1.165, 1.54) is 66.1 Å². The van der Waals surface area contributed by atoms with Crippen LogP contribution in [0.4, 0.5) is 13.2 Å². The summed E-state index contributed by atoms with van der Waals surface area (Å²) in [5, 5.41) is 0. The van der Waals surface area contributed by atoms with Crippen molar-refractivity contribution in [3.05, 3.63) is 84.9 Å². The molecule has 0 saturated heterocycles. The number of hydrogen-bond acceptors (Lipinski definition) is 4. The van der Waals surface area contributed by atoms with Crippen molar-refractivity contribution >= 4 is 21.0 Å². The molecule has 3 aromatic carbocycles. The van der Waals surface area contributed by atoms with E-state index in [0.717, 1.165) is 18.8 Å². The molecule has 0 aromatic heterocycles. The highest BCUT2D eigenvalue weighted by Gasteiger charge is 2.37. The van der Waals surface area contributed by atoms with Gasteiger partial charge < -0.3 is 9.29 Å². The van der Waals surface area contributed by atoms with Crippen molar-refractivity contribution in [1.29, 1.82) is 0 Å². The zero-order valence-electron chi connectivity index (χ0n) is 22.2. The molecule has 0 spiro atoms. The molecule has 0 fully saturated rings. The Morgan fingerprint density at radius 2 is 1.05 bits per heavy atom. The molecule has 0 bridgehead atoms. The fourth-order valence-corrected chi connectivity index (χ4v) is 5.88. The van der Waals surface area contributed by atoms with Gasteiger partial charge in [-0.1, -0.05) is 94.7 Å². The second-order valence-electron chi connectivity index (χ2n) is 8.98. The predicted molar refractivity (Wildman–Crippen MR) is 150 cm³/mol. The van der Waals surface area contributed by atoms with Gasteiger partial charge in [0.15, 0.2) is 24.8 Å². The van der Waals surface area contributed by atoms with Crippen LogP contribution in [-0.4, -0.2) is 25.1 Å². The maximum absolute atomic E-state index is 10.7. The van der Waals surface area contributed by atoms with E-state index in [4.69, 9.17) is 17.7 Å². The molecule has 4 nitrogen and oxygen atoms in total. The van der Waals surface area contributed by atoms with Crippen LogP contribution in [0.15, 0.2) is 99.6 Å². The van der Waals surface area contributed by atoms with Crippen LogP contribution in [0, 0.1) is 0 Å². The minimum atomic E-state index is -6.09. The highest BCUT2D eigenvalue weighted by Crippen LogP contribution is 2.32. The van der Waals surface area contributed by atoms with Gasteiger partial charge in [0.1, 0.15) is 5.75 Å². The average molecular weight is 583 g/mol. The lowest BCUT2D eigenvalue weighted by atomic mass is 10.1. The van der Waals surface area contributed by atoms with Crippen LogP contribution >= 0.6 is 0 Å². The number of alkyl halides is 3. The van der Waals surface area contributed by atoms with Gasteiger partial charge in [-0.2, -0.15) is 13.2 Å². The molecule has 3 rings (SSSR count). The fourth-order valence-electron chi connectivity index (χ4n) is 3.80. The zero-order valence-corrected chi connectivity index (χ0v) is 23.9. The highest BCUT2D eigenvalue weighted by molar-refractivity contribution is 7.97. The van der Waals surface area contributed by atoms with Crippen molar-refractivity contribution in [3.8, 4) is 5.75 Å². The van der Waals surface area contributed by atoms with Crippen LogP contribution in [0.1, 0.15) is 64.7 Å². The van der Waals surface area contributed by atoms with Crippen molar-refractivity contribution < 1.29 is 30.9 Å². The summed E-state index contributed by atoms with van der Waals surface area (Å²) in [6.07, 6.45) is 12.1. The quantitative estimate of drug-likeness (QED) is 0.0825. The van der Waals surface area contributed by atoms with E-state index in [2.05, 4.69) is 91.9 Å². The highest BCUT2D eigenvalue weighted by atomic mass is 32.2. The third-order valence-electron chi connectivity index (χ3n) is 5.82. The number of rotatable bonds is 14. The molecule has 0 aliphatic carbocycles. The van der Waals surface area contributed by atoms with Gasteiger partial charge in [-0.3, -0.25) is 0 Å². The summed E-state index contributed by atoms with van der Waals surface area (Å²) in [5.41, 5.74) is -5.65. The van der Waals surface area contributed by atoms with Crippen LogP contribution in [-0.2, 0) is 21.0 Å². The summed E-state index contributed by atoms with van der Waals surface area (Å²) < 4.78 is 64.9. The molecule has 9 heteroatoms. The lowest BCUT2D eigenvalue weighted by Crippen LogP contribution is -2.21. The molecule has 0 atom stereocenters. The molecule has 0 N–H and O–H groups in total. The molecule has 39 heavy (non-hydrogen) atoms. The Hall–Kier alpha value is -2.49. The zero-order chi connectivity index (χ0) is 28.6. The van der Waals surface area contributed by atoms with E-state index < -0.39 is 15.6 Å². The molecule has 0 aliphatic rings. The van der Waals surface area contributed by atoms with E-state index in [1.807, 2.05) is 0 Å². The topological polar surface area (TPSA) is 66.4 Å². The van der Waals surface area contributed by atoms with Crippen molar-refractivity contribution in [2.45, 2.75) is 84.9 Å². The fraction of sp³-hybridized carbons (Fsp3) is 0.400. The third kappa shape index (κ3) is 12.5. The monoisotopic (exact) mass is 582 g/mol. The number of benzene rings is 3. The Kier molecular flexibility index (Phi) is 14.5. The van der Waals surface area contributed by atoms with Gasteiger partial charge in [-0.05, 0) is 55.0 Å². The Bertz CT molecular complexity index is 1110. The third-order valence-corrected chi connectivity index (χ3v) is 8.61. The largest absolute Gasteiger partial charge is 0.741 e. The summed E-state index contributed by atoms with van der Waals surface area (Å²) in [5.74, 6) is 0.980. The number of ether oxygens (including phenoxy) is 1. The first-order valence-electron chi connectivity index (χ1n) is 13.2. The molecule has 3 aromatic rings. The molecule has 0 unspecified atom stereocenters. The summed E-state index contributed by atoms with van der Waals surface area (Å²) in [6.45, 7) is 3.09. The van der Waals surface area contributed by atoms with Gasteiger partial charge in [-0.25, -0.2) is 8.42 Å². The van der Waals surface area contributed by atoms with Crippen molar-refractivity contribution in [2.24, 2.45) is 0 Å². The van der Waals surface area contributed by atoms with Crippen LogP contribution in [0.25, 0.3) is 0 Å². The summed E-state index contributed by atoms with van der Waals surface area (Å²) in [4.78, 5) is 4.02. The Labute approximate surface area is 233 Å². The lowest BCUT2D eigenvalue weighted by molar-refractivity contribution is -0.0517. The Morgan fingerprint density at radius 3 is 1.46 bits per heavy atom. The summed E-state index contributed by atoms with van der Waals surface area (Å²) >= 11 is 0. The van der Waals surface area contributed by atoms with Crippen LogP contribution < -0.4 is 4.74 Å². The SMILES string of the molecule is CCCCCCCCCCCOc1ccc([S+](c2ccccc2)c2ccccc2)cc1.O=S(=O)([O-])C(F)(F)F. The summed E-state index contributed by atoms with van der Waals surface area (Å²) in [7, 11) is -6.18. The van der Waals surface area contributed by atoms with Gasteiger partial charge in [0, 0.05) is 0 Å². The first-order chi connectivity index (χ1) is 18.6. The van der Waals surface area contributed by atoms with Gasteiger partial charge in [0.25, 0.3) is 0 Å². The van der Waals surface area contributed by atoms with Crippen LogP contribution in [0.5, 0.6) is 5.75 Å². The second-order valence-corrected chi connectivity index (χ2v) is 12.4. The Balaban J connectivity index is 0.000000580. The maximum atomic E-state index is 10.7. The van der Waals surface area contributed by atoms with Crippen molar-refractivity contribution in [3.63, 3.8) is 0 Å². The van der Waals surface area contributed by atoms with E-state index in [1.54, 1.807) is 0 Å². The van der Waals surface area contributed by atoms with E-state index >= 15 is 0 Å². The van der Waals surface area contributed by atoms with Gasteiger partial charge >= 0.3 is 5.51 Å². The van der Waals surface area contributed by atoms with E-state index in [9.17, 15) is 13.2 Å². The Morgan fingerprint density at radius 1 is 0.667 bits per heavy atom. The van der Waals surface area contributed by atoms with Gasteiger partial charge in [0.05, 0.1) is 17.5 Å².